The van der Waals surface area contributed by atoms with Gasteiger partial charge in [0.15, 0.2) is 11.7 Å². The predicted molar refractivity (Wildman–Crippen MR) is 151 cm³/mol. The van der Waals surface area contributed by atoms with Gasteiger partial charge in [0.05, 0.1) is 11.7 Å². The number of fused-ring (bicyclic) bond motifs is 5. The summed E-state index contributed by atoms with van der Waals surface area (Å²) in [5, 5.41) is 72.7. The molecule has 11 heteroatoms. The standard InChI is InChI=1S/C32H49NO10/c1-6-18(3)25(35)41-24-11-12-26(4)19-8-9-20-28(37)13-23(34)31(43-40)21(29(28,38)16-30(20,26)42-32(19,24)39)15-33-14-17(2)7-10-22(33)27(31,5)36/h6,17,19-24,34,36-40H,7-16H2,1-5H3/b18-6+/t17-,19-,20-,21-,22-,23-,24-,26-,27+,28+,29+,30+,31-,32-/m0/s1. The fourth-order valence-electron chi connectivity index (χ4n) is 12.0. The summed E-state index contributed by atoms with van der Waals surface area (Å²) in [5.41, 5.74) is -9.00. The minimum absolute atomic E-state index is 0.0856. The number of hydrogen-bond donors (Lipinski definition) is 6. The van der Waals surface area contributed by atoms with Crippen molar-refractivity contribution in [3.63, 3.8) is 0 Å². The van der Waals surface area contributed by atoms with Crippen molar-refractivity contribution in [2.75, 3.05) is 13.1 Å². The van der Waals surface area contributed by atoms with E-state index in [4.69, 9.17) is 14.4 Å². The van der Waals surface area contributed by atoms with Crippen LogP contribution in [-0.2, 0) is 19.2 Å². The zero-order chi connectivity index (χ0) is 31.2. The summed E-state index contributed by atoms with van der Waals surface area (Å²) in [6.07, 6.45) is 2.10. The van der Waals surface area contributed by atoms with E-state index in [-0.39, 0.29) is 19.4 Å². The maximum atomic E-state index is 13.0. The molecule has 0 radical (unpaired) electrons. The van der Waals surface area contributed by atoms with E-state index in [1.54, 1.807) is 26.8 Å². The summed E-state index contributed by atoms with van der Waals surface area (Å²) in [6, 6.07) is -0.418. The molecule has 4 bridgehead atoms. The summed E-state index contributed by atoms with van der Waals surface area (Å²) >= 11 is 0. The van der Waals surface area contributed by atoms with Crippen LogP contribution in [0.5, 0.6) is 0 Å². The van der Waals surface area contributed by atoms with Gasteiger partial charge in [-0.2, -0.15) is 0 Å². The molecule has 1 spiro atoms. The summed E-state index contributed by atoms with van der Waals surface area (Å²) in [6.45, 7) is 9.98. The number of carbonyl (C=O) groups is 1. The van der Waals surface area contributed by atoms with Crippen molar-refractivity contribution >= 4 is 5.97 Å². The zero-order valence-corrected chi connectivity index (χ0v) is 26.0. The van der Waals surface area contributed by atoms with Gasteiger partial charge in [-0.25, -0.2) is 9.68 Å². The van der Waals surface area contributed by atoms with E-state index < -0.39 is 81.2 Å². The van der Waals surface area contributed by atoms with E-state index in [1.807, 2.05) is 6.92 Å². The van der Waals surface area contributed by atoms with Crippen molar-refractivity contribution < 1.29 is 49.9 Å². The van der Waals surface area contributed by atoms with Crippen molar-refractivity contribution in [3.8, 4) is 0 Å². The van der Waals surface area contributed by atoms with Gasteiger partial charge in [0.1, 0.15) is 16.8 Å². The van der Waals surface area contributed by atoms with Crippen LogP contribution in [0.4, 0.5) is 0 Å². The highest BCUT2D eigenvalue weighted by atomic mass is 17.1. The average molecular weight is 608 g/mol. The van der Waals surface area contributed by atoms with Gasteiger partial charge in [-0.15, -0.1) is 0 Å². The third kappa shape index (κ3) is 3.24. The Balaban J connectivity index is 1.34. The maximum Gasteiger partial charge on any atom is 0.333 e. The van der Waals surface area contributed by atoms with E-state index in [1.165, 1.54) is 0 Å². The van der Waals surface area contributed by atoms with Crippen LogP contribution in [0.25, 0.3) is 0 Å². The first-order chi connectivity index (χ1) is 20.0. The Hall–Kier alpha value is -1.15. The van der Waals surface area contributed by atoms with Gasteiger partial charge in [-0.3, -0.25) is 10.2 Å². The molecular weight excluding hydrogens is 558 g/mol. The molecule has 4 aliphatic carbocycles. The molecule has 4 saturated carbocycles. The first-order valence-electron chi connectivity index (χ1n) is 16.2. The maximum absolute atomic E-state index is 13.0. The Morgan fingerprint density at radius 3 is 2.35 bits per heavy atom. The summed E-state index contributed by atoms with van der Waals surface area (Å²) in [7, 11) is 0. The molecular formula is C32H49NO10. The van der Waals surface area contributed by atoms with Gasteiger partial charge in [0.2, 0.25) is 5.79 Å². The lowest BCUT2D eigenvalue weighted by molar-refractivity contribution is -0.450. The zero-order valence-electron chi connectivity index (χ0n) is 26.0. The number of rotatable bonds is 3. The molecule has 43 heavy (non-hydrogen) atoms. The van der Waals surface area contributed by atoms with Crippen LogP contribution in [0.15, 0.2) is 11.6 Å². The Kier molecular flexibility index (Phi) is 6.39. The van der Waals surface area contributed by atoms with Crippen LogP contribution in [-0.4, -0.2) is 107 Å². The van der Waals surface area contributed by atoms with Crippen LogP contribution in [0, 0.1) is 29.1 Å². The second-order valence-electron chi connectivity index (χ2n) is 15.7. The fraction of sp³-hybridized carbons (Fsp3) is 0.906. The Labute approximate surface area is 252 Å². The molecule has 7 aliphatic rings. The van der Waals surface area contributed by atoms with Crippen molar-refractivity contribution in [1.82, 2.24) is 4.90 Å². The third-order valence-corrected chi connectivity index (χ3v) is 14.2. The molecule has 0 aromatic rings. The molecule has 14 atom stereocenters. The molecule has 11 nitrogen and oxygen atoms in total. The molecule has 6 N–H and O–H groups in total. The van der Waals surface area contributed by atoms with Gasteiger partial charge in [0, 0.05) is 60.7 Å². The van der Waals surface area contributed by atoms with Crippen LogP contribution >= 0.6 is 0 Å². The molecule has 7 fully saturated rings. The Morgan fingerprint density at radius 1 is 0.977 bits per heavy atom. The molecule has 0 aromatic carbocycles. The Morgan fingerprint density at radius 2 is 1.67 bits per heavy atom. The number of nitrogens with zero attached hydrogens (tertiary/aromatic N) is 1. The molecule has 0 amide bonds. The van der Waals surface area contributed by atoms with Crippen LogP contribution < -0.4 is 0 Å². The van der Waals surface area contributed by atoms with Crippen molar-refractivity contribution in [2.24, 2.45) is 29.1 Å². The number of allylic oxidation sites excluding steroid dienone is 1. The SMILES string of the molecule is C/C=C(\C)C(=O)O[C@H]1CC[C@@]2(C)[C@@H]3CC[C@H]4[C@]5(O)C[C@H](O)[C@@]6(OO)[C@@H](CN7C[C@@H](C)CC[C@H]7[C@@]6(C)O)[C@]5(O)C[C@@]42O[C@]13O. The summed E-state index contributed by atoms with van der Waals surface area (Å²) < 4.78 is 12.6. The van der Waals surface area contributed by atoms with Crippen molar-refractivity contribution in [1.29, 1.82) is 0 Å². The van der Waals surface area contributed by atoms with Crippen LogP contribution in [0.1, 0.15) is 86.0 Å². The van der Waals surface area contributed by atoms with Gasteiger partial charge < -0.3 is 35.0 Å². The second kappa shape index (κ2) is 9.01. The number of piperidine rings is 2. The predicted octanol–water partition coefficient (Wildman–Crippen LogP) is 1.49. The first-order valence-corrected chi connectivity index (χ1v) is 16.2. The molecule has 3 saturated heterocycles. The molecule has 242 valence electrons. The molecule has 7 rings (SSSR count). The lowest BCUT2D eigenvalue weighted by atomic mass is 9.49. The molecule has 3 aliphatic heterocycles. The van der Waals surface area contributed by atoms with E-state index >= 15 is 0 Å². The van der Waals surface area contributed by atoms with E-state index in [0.717, 1.165) is 6.42 Å². The monoisotopic (exact) mass is 607 g/mol. The van der Waals surface area contributed by atoms with Gasteiger partial charge >= 0.3 is 5.97 Å². The van der Waals surface area contributed by atoms with Crippen molar-refractivity contribution in [3.05, 3.63) is 11.6 Å². The van der Waals surface area contributed by atoms with E-state index in [0.29, 0.717) is 50.1 Å². The number of hydrogen-bond acceptors (Lipinski definition) is 11. The Bertz CT molecular complexity index is 1240. The highest BCUT2D eigenvalue weighted by Gasteiger charge is 2.89. The lowest BCUT2D eigenvalue weighted by Crippen LogP contribution is -2.85. The van der Waals surface area contributed by atoms with Gasteiger partial charge in [-0.05, 0) is 65.2 Å². The number of carbonyl (C=O) groups excluding carboxylic acids is 1. The van der Waals surface area contributed by atoms with Crippen molar-refractivity contribution in [2.45, 2.75) is 138 Å². The topological polar surface area (TPSA) is 169 Å². The van der Waals surface area contributed by atoms with Crippen LogP contribution in [0.3, 0.4) is 0 Å². The third-order valence-electron chi connectivity index (χ3n) is 14.2. The van der Waals surface area contributed by atoms with E-state index in [2.05, 4.69) is 11.8 Å². The smallest absolute Gasteiger partial charge is 0.333 e. The fourth-order valence-corrected chi connectivity index (χ4v) is 12.0. The minimum atomic E-state index is -1.97. The minimum Gasteiger partial charge on any atom is -0.453 e. The van der Waals surface area contributed by atoms with Crippen LogP contribution in [0.2, 0.25) is 0 Å². The first kappa shape index (κ1) is 30.5. The largest absolute Gasteiger partial charge is 0.453 e. The normalized spacial score (nSPS) is 59.1. The lowest BCUT2D eigenvalue weighted by Gasteiger charge is -2.68. The highest BCUT2D eigenvalue weighted by Crippen LogP contribution is 2.78. The molecule has 0 aromatic heterocycles. The number of aliphatic hydroxyl groups excluding tert-OH is 1. The second-order valence-corrected chi connectivity index (χ2v) is 15.7. The number of esters is 1. The summed E-state index contributed by atoms with van der Waals surface area (Å²) in [4.78, 5) is 20.1. The quantitative estimate of drug-likeness (QED) is 0.119. The summed E-state index contributed by atoms with van der Waals surface area (Å²) in [5.74, 6) is -4.16. The van der Waals surface area contributed by atoms with Gasteiger partial charge in [0.25, 0.3) is 0 Å². The highest BCUT2D eigenvalue weighted by molar-refractivity contribution is 5.87. The molecule has 0 unspecified atom stereocenters. The average Bonchev–Trinajstić information content (AvgIpc) is 3.11. The van der Waals surface area contributed by atoms with E-state index in [9.17, 15) is 35.6 Å². The van der Waals surface area contributed by atoms with Gasteiger partial charge in [-0.1, -0.05) is 19.9 Å². The number of aliphatic hydroxyl groups is 5. The number of ether oxygens (including phenoxy) is 2. The molecule has 3 heterocycles.